The first kappa shape index (κ1) is 27.1. The average Bonchev–Trinajstić information content (AvgIpc) is 3.37. The van der Waals surface area contributed by atoms with Crippen LogP contribution >= 0.6 is 11.8 Å². The van der Waals surface area contributed by atoms with E-state index in [-0.39, 0.29) is 23.0 Å². The number of carbonyl (C=O) groups excluding carboxylic acids is 2. The van der Waals surface area contributed by atoms with E-state index in [1.54, 1.807) is 6.07 Å². The van der Waals surface area contributed by atoms with Gasteiger partial charge in [0.05, 0.1) is 40.2 Å². The molecule has 0 aliphatic carbocycles. The summed E-state index contributed by atoms with van der Waals surface area (Å²) < 4.78 is 80.7. The van der Waals surface area contributed by atoms with Crippen LogP contribution in [-0.2, 0) is 23.7 Å². The van der Waals surface area contributed by atoms with Gasteiger partial charge in [0.2, 0.25) is 0 Å². The Hall–Kier alpha value is -3.43. The van der Waals surface area contributed by atoms with E-state index in [2.05, 4.69) is 15.6 Å². The molecule has 2 N–H and O–H groups in total. The Morgan fingerprint density at radius 3 is 2.54 bits per heavy atom. The van der Waals surface area contributed by atoms with Gasteiger partial charge in [0, 0.05) is 6.54 Å². The van der Waals surface area contributed by atoms with E-state index in [0.717, 1.165) is 27.4 Å². The van der Waals surface area contributed by atoms with Crippen molar-refractivity contribution in [3.05, 3.63) is 63.6 Å². The second-order valence-electron chi connectivity index (χ2n) is 9.04. The maximum Gasteiger partial charge on any atom is 0.416 e. The summed E-state index contributed by atoms with van der Waals surface area (Å²) in [5.41, 5.74) is -2.21. The fourth-order valence-electron chi connectivity index (χ4n) is 4.56. The van der Waals surface area contributed by atoms with Gasteiger partial charge in [0.1, 0.15) is 5.52 Å². The lowest BCUT2D eigenvalue weighted by Crippen LogP contribution is -2.54. The topological polar surface area (TPSA) is 100 Å². The highest BCUT2D eigenvalue weighted by Gasteiger charge is 2.43. The van der Waals surface area contributed by atoms with Crippen LogP contribution in [0.25, 0.3) is 17.1 Å². The minimum atomic E-state index is -5.02. The Bertz CT molecular complexity index is 1490. The first-order chi connectivity index (χ1) is 18.3. The third kappa shape index (κ3) is 5.38. The SMILES string of the molecule is O=C1S/C(=C\c2ccc3c(c2)nnn3Cc2ccc(C(F)(F)F)cc2C(F)(F)F)C(=O)N1C1CCNC[C@@H]1O. The van der Waals surface area contributed by atoms with Crippen LogP contribution in [0.1, 0.15) is 28.7 Å². The summed E-state index contributed by atoms with van der Waals surface area (Å²) in [7, 11) is 0. The second-order valence-corrected chi connectivity index (χ2v) is 10.0. The number of aromatic nitrogens is 3. The number of piperidine rings is 1. The summed E-state index contributed by atoms with van der Waals surface area (Å²) in [6.07, 6.45) is -8.96. The molecule has 0 spiro atoms. The number of carbonyl (C=O) groups is 2. The van der Waals surface area contributed by atoms with Gasteiger partial charge in [0.15, 0.2) is 0 Å². The molecule has 39 heavy (non-hydrogen) atoms. The van der Waals surface area contributed by atoms with E-state index >= 15 is 0 Å². The molecule has 2 aliphatic heterocycles. The minimum absolute atomic E-state index is 0.0719. The van der Waals surface area contributed by atoms with E-state index < -0.39 is 58.9 Å². The number of alkyl halides is 6. The summed E-state index contributed by atoms with van der Waals surface area (Å²) in [6.45, 7) is 0.320. The predicted octanol–water partition coefficient (Wildman–Crippen LogP) is 4.28. The third-order valence-electron chi connectivity index (χ3n) is 6.47. The van der Waals surface area contributed by atoms with Gasteiger partial charge in [-0.2, -0.15) is 26.3 Å². The molecular formula is C24H19F6N5O3S. The van der Waals surface area contributed by atoms with Crippen molar-refractivity contribution < 1.29 is 41.0 Å². The lowest BCUT2D eigenvalue weighted by atomic mass is 10.0. The number of fused-ring (bicyclic) bond motifs is 1. The number of nitrogens with zero attached hydrogens (tertiary/aromatic N) is 4. The number of amides is 2. The molecule has 2 saturated heterocycles. The predicted molar refractivity (Wildman–Crippen MR) is 128 cm³/mol. The van der Waals surface area contributed by atoms with Gasteiger partial charge in [-0.3, -0.25) is 14.5 Å². The number of halogens is 6. The lowest BCUT2D eigenvalue weighted by molar-refractivity contribution is -0.143. The number of β-amino-alcohol motifs (C(OH)–C–C–N with tert-alkyl or cyclic N) is 1. The quantitative estimate of drug-likeness (QED) is 0.356. The van der Waals surface area contributed by atoms with E-state index in [1.807, 2.05) is 0 Å². The largest absolute Gasteiger partial charge is 0.416 e. The number of imide groups is 1. The van der Waals surface area contributed by atoms with Crippen LogP contribution < -0.4 is 5.32 Å². The standard InChI is InChI=1S/C24H19F6N5O3S/c25-23(26,27)14-3-2-13(15(9-14)24(28,29)30)11-34-17-4-1-12(7-16(17)32-33-34)8-20-21(37)35(22(38)39-20)18-5-6-31-10-19(18)36/h1-4,7-9,18-19,31,36H,5-6,10-11H2/b20-8-/t18?,19-/m0/s1. The fraction of sp³-hybridized carbons (Fsp3) is 0.333. The zero-order valence-electron chi connectivity index (χ0n) is 19.8. The molecule has 15 heteroatoms. The Labute approximate surface area is 220 Å². The van der Waals surface area contributed by atoms with Crippen molar-refractivity contribution in [2.75, 3.05) is 13.1 Å². The molecule has 0 radical (unpaired) electrons. The zero-order valence-corrected chi connectivity index (χ0v) is 20.6. The molecule has 2 aromatic carbocycles. The summed E-state index contributed by atoms with van der Waals surface area (Å²) in [5, 5.41) is 20.5. The second kappa shape index (κ2) is 9.95. The Morgan fingerprint density at radius 1 is 1.08 bits per heavy atom. The highest BCUT2D eigenvalue weighted by molar-refractivity contribution is 8.18. The summed E-state index contributed by atoms with van der Waals surface area (Å²) in [6, 6.07) is 5.35. The maximum atomic E-state index is 13.5. The van der Waals surface area contributed by atoms with Gasteiger partial charge in [-0.05, 0) is 66.2 Å². The molecule has 1 aromatic heterocycles. The van der Waals surface area contributed by atoms with Gasteiger partial charge in [-0.15, -0.1) is 5.10 Å². The summed E-state index contributed by atoms with van der Waals surface area (Å²) in [5.74, 6) is -0.540. The monoisotopic (exact) mass is 571 g/mol. The molecular weight excluding hydrogens is 552 g/mol. The fourth-order valence-corrected chi connectivity index (χ4v) is 5.44. The van der Waals surface area contributed by atoms with Crippen molar-refractivity contribution in [1.82, 2.24) is 25.2 Å². The normalized spacial score (nSPS) is 21.9. The van der Waals surface area contributed by atoms with Crippen LogP contribution in [0.5, 0.6) is 0 Å². The van der Waals surface area contributed by atoms with Crippen LogP contribution in [0.2, 0.25) is 0 Å². The highest BCUT2D eigenvalue weighted by Crippen LogP contribution is 2.38. The molecule has 3 heterocycles. The number of aliphatic hydroxyl groups excluding tert-OH is 1. The molecule has 2 amide bonds. The first-order valence-corrected chi connectivity index (χ1v) is 12.4. The number of hydrogen-bond acceptors (Lipinski definition) is 7. The Morgan fingerprint density at radius 2 is 1.85 bits per heavy atom. The van der Waals surface area contributed by atoms with Crippen LogP contribution in [0.4, 0.5) is 31.1 Å². The van der Waals surface area contributed by atoms with Crippen LogP contribution in [0.3, 0.4) is 0 Å². The average molecular weight is 572 g/mol. The smallest absolute Gasteiger partial charge is 0.390 e. The number of rotatable bonds is 4. The van der Waals surface area contributed by atoms with Gasteiger partial charge < -0.3 is 10.4 Å². The Kier molecular flexibility index (Phi) is 6.93. The molecule has 2 atom stereocenters. The molecule has 5 rings (SSSR count). The molecule has 8 nitrogen and oxygen atoms in total. The van der Waals surface area contributed by atoms with Gasteiger partial charge in [-0.1, -0.05) is 17.3 Å². The molecule has 3 aromatic rings. The van der Waals surface area contributed by atoms with Crippen LogP contribution in [0.15, 0.2) is 41.3 Å². The molecule has 2 fully saturated rings. The van der Waals surface area contributed by atoms with E-state index in [9.17, 15) is 41.0 Å². The van der Waals surface area contributed by atoms with Crippen molar-refractivity contribution in [3.63, 3.8) is 0 Å². The van der Waals surface area contributed by atoms with Crippen molar-refractivity contribution in [1.29, 1.82) is 0 Å². The van der Waals surface area contributed by atoms with E-state index in [4.69, 9.17) is 0 Å². The van der Waals surface area contributed by atoms with Crippen molar-refractivity contribution >= 4 is 40.0 Å². The Balaban J connectivity index is 1.40. The summed E-state index contributed by atoms with van der Waals surface area (Å²) in [4.78, 5) is 26.6. The van der Waals surface area contributed by atoms with Gasteiger partial charge in [0.25, 0.3) is 11.1 Å². The van der Waals surface area contributed by atoms with Crippen LogP contribution in [0, 0.1) is 0 Å². The number of benzene rings is 2. The molecule has 1 unspecified atom stereocenters. The third-order valence-corrected chi connectivity index (χ3v) is 7.35. The van der Waals surface area contributed by atoms with Crippen LogP contribution in [-0.4, -0.2) is 61.4 Å². The van der Waals surface area contributed by atoms with Crippen molar-refractivity contribution in [3.8, 4) is 0 Å². The molecule has 206 valence electrons. The number of nitrogens with one attached hydrogen (secondary N) is 1. The first-order valence-electron chi connectivity index (χ1n) is 11.6. The van der Waals surface area contributed by atoms with Crippen molar-refractivity contribution in [2.45, 2.75) is 37.5 Å². The van der Waals surface area contributed by atoms with Gasteiger partial charge >= 0.3 is 12.4 Å². The molecule has 0 saturated carbocycles. The number of hydrogen-bond donors (Lipinski definition) is 2. The van der Waals surface area contributed by atoms with Gasteiger partial charge in [-0.25, -0.2) is 4.68 Å². The minimum Gasteiger partial charge on any atom is -0.390 e. The lowest BCUT2D eigenvalue weighted by Gasteiger charge is -2.33. The number of aliphatic hydroxyl groups is 1. The van der Waals surface area contributed by atoms with Crippen molar-refractivity contribution in [2.24, 2.45) is 0 Å². The molecule has 0 bridgehead atoms. The highest BCUT2D eigenvalue weighted by atomic mass is 32.2. The zero-order chi connectivity index (χ0) is 28.1. The van der Waals surface area contributed by atoms with E-state index in [0.29, 0.717) is 30.1 Å². The van der Waals surface area contributed by atoms with E-state index in [1.165, 1.54) is 18.2 Å². The molecule has 2 aliphatic rings. The maximum absolute atomic E-state index is 13.5. The number of thioether (sulfide) groups is 1. The summed E-state index contributed by atoms with van der Waals surface area (Å²) >= 11 is 0.731.